The molecule has 1 fully saturated rings. The molecule has 3 heterocycles. The van der Waals surface area contributed by atoms with Crippen molar-refractivity contribution in [3.05, 3.63) is 42.2 Å². The Hall–Kier alpha value is -2.31. The van der Waals surface area contributed by atoms with E-state index in [4.69, 9.17) is 0 Å². The summed E-state index contributed by atoms with van der Waals surface area (Å²) >= 11 is 1.61. The predicted molar refractivity (Wildman–Crippen MR) is 87.8 cm³/mol. The average Bonchev–Trinajstić information content (AvgIpc) is 2.98. The number of benzene rings is 1. The number of thiazole rings is 1. The van der Waals surface area contributed by atoms with E-state index >= 15 is 0 Å². The van der Waals surface area contributed by atoms with Crippen molar-refractivity contribution < 1.29 is 4.79 Å². The van der Waals surface area contributed by atoms with E-state index in [1.54, 1.807) is 17.5 Å². The van der Waals surface area contributed by atoms with E-state index in [-0.39, 0.29) is 11.8 Å². The van der Waals surface area contributed by atoms with Gasteiger partial charge in [0.1, 0.15) is 5.82 Å². The molecular formula is C16H14N4OS. The van der Waals surface area contributed by atoms with Crippen molar-refractivity contribution in [2.24, 2.45) is 5.92 Å². The number of hydrogen-bond acceptors (Lipinski definition) is 5. The van der Waals surface area contributed by atoms with E-state index in [0.717, 1.165) is 34.3 Å². The van der Waals surface area contributed by atoms with Crippen molar-refractivity contribution in [3.63, 3.8) is 0 Å². The van der Waals surface area contributed by atoms with Gasteiger partial charge in [-0.3, -0.25) is 9.78 Å². The lowest BCUT2D eigenvalue weighted by molar-refractivity contribution is -0.121. The Bertz CT molecular complexity index is 827. The number of pyridine rings is 1. The number of carbonyl (C=O) groups excluding carboxylic acids is 1. The van der Waals surface area contributed by atoms with Gasteiger partial charge in [0.25, 0.3) is 0 Å². The standard InChI is InChI=1S/C16H14N4OS/c21-16(13-5-17-6-13)20-15-4-12-3-10(14-8-18-9-22-14)1-2-11(12)7-19-15/h1-4,7-9,13,17H,5-6H2,(H,19,20,21). The number of nitrogens with zero attached hydrogens (tertiary/aromatic N) is 2. The molecule has 5 nitrogen and oxygen atoms in total. The normalized spacial score (nSPS) is 14.7. The summed E-state index contributed by atoms with van der Waals surface area (Å²) in [5.41, 5.74) is 2.95. The first-order valence-electron chi connectivity index (χ1n) is 7.10. The minimum absolute atomic E-state index is 0.0317. The van der Waals surface area contributed by atoms with Crippen LogP contribution in [0.3, 0.4) is 0 Å². The van der Waals surface area contributed by atoms with Crippen LogP contribution in [0.5, 0.6) is 0 Å². The van der Waals surface area contributed by atoms with E-state index in [2.05, 4.69) is 32.7 Å². The molecule has 0 unspecified atom stereocenters. The van der Waals surface area contributed by atoms with E-state index in [1.807, 2.05) is 23.8 Å². The number of rotatable bonds is 3. The van der Waals surface area contributed by atoms with Crippen LogP contribution in [-0.2, 0) is 4.79 Å². The SMILES string of the molecule is O=C(Nc1cc2cc(-c3cncs3)ccc2cn1)C1CNC1. The van der Waals surface area contributed by atoms with Crippen LogP contribution in [0, 0.1) is 5.92 Å². The van der Waals surface area contributed by atoms with Crippen LogP contribution in [0.25, 0.3) is 21.2 Å². The number of fused-ring (bicyclic) bond motifs is 1. The molecule has 0 spiro atoms. The molecule has 0 bridgehead atoms. The number of nitrogens with one attached hydrogen (secondary N) is 2. The molecule has 3 aromatic rings. The van der Waals surface area contributed by atoms with Crippen molar-refractivity contribution in [2.75, 3.05) is 18.4 Å². The monoisotopic (exact) mass is 310 g/mol. The van der Waals surface area contributed by atoms with Gasteiger partial charge in [0, 0.05) is 30.9 Å². The molecule has 0 aliphatic carbocycles. The van der Waals surface area contributed by atoms with E-state index < -0.39 is 0 Å². The van der Waals surface area contributed by atoms with Crippen LogP contribution >= 0.6 is 11.3 Å². The van der Waals surface area contributed by atoms with E-state index in [0.29, 0.717) is 5.82 Å². The molecule has 0 atom stereocenters. The van der Waals surface area contributed by atoms with Crippen LogP contribution in [0.15, 0.2) is 42.2 Å². The molecule has 22 heavy (non-hydrogen) atoms. The fourth-order valence-electron chi connectivity index (χ4n) is 2.42. The number of anilines is 1. The zero-order valence-corrected chi connectivity index (χ0v) is 12.6. The maximum Gasteiger partial charge on any atom is 0.231 e. The van der Waals surface area contributed by atoms with Crippen LogP contribution in [0.1, 0.15) is 0 Å². The number of amides is 1. The summed E-state index contributed by atoms with van der Waals surface area (Å²) in [5, 5.41) is 8.10. The second-order valence-electron chi connectivity index (χ2n) is 5.34. The van der Waals surface area contributed by atoms with Crippen molar-refractivity contribution in [2.45, 2.75) is 0 Å². The second-order valence-corrected chi connectivity index (χ2v) is 6.23. The average molecular weight is 310 g/mol. The predicted octanol–water partition coefficient (Wildman–Crippen LogP) is 2.52. The van der Waals surface area contributed by atoms with E-state index in [9.17, 15) is 4.79 Å². The molecule has 1 aliphatic heterocycles. The zero-order valence-electron chi connectivity index (χ0n) is 11.7. The zero-order chi connectivity index (χ0) is 14.9. The summed E-state index contributed by atoms with van der Waals surface area (Å²) in [6.07, 6.45) is 3.65. The van der Waals surface area contributed by atoms with Gasteiger partial charge < -0.3 is 10.6 Å². The fraction of sp³-hybridized carbons (Fsp3) is 0.188. The Balaban J connectivity index is 1.65. The minimum Gasteiger partial charge on any atom is -0.315 e. The molecule has 0 saturated carbocycles. The summed E-state index contributed by atoms with van der Waals surface area (Å²) in [5.74, 6) is 0.691. The Kier molecular flexibility index (Phi) is 3.32. The molecule has 0 radical (unpaired) electrons. The highest BCUT2D eigenvalue weighted by Gasteiger charge is 2.24. The van der Waals surface area contributed by atoms with Gasteiger partial charge in [0.05, 0.1) is 16.3 Å². The van der Waals surface area contributed by atoms with Crippen molar-refractivity contribution >= 4 is 33.8 Å². The fourth-order valence-corrected chi connectivity index (χ4v) is 3.04. The highest BCUT2D eigenvalue weighted by atomic mass is 32.1. The van der Waals surface area contributed by atoms with Gasteiger partial charge in [0.2, 0.25) is 5.91 Å². The van der Waals surface area contributed by atoms with Gasteiger partial charge in [-0.2, -0.15) is 0 Å². The molecule has 4 rings (SSSR count). The summed E-state index contributed by atoms with van der Waals surface area (Å²) < 4.78 is 0. The quantitative estimate of drug-likeness (QED) is 0.780. The summed E-state index contributed by atoms with van der Waals surface area (Å²) in [4.78, 5) is 21.5. The Morgan fingerprint density at radius 2 is 2.14 bits per heavy atom. The maximum atomic E-state index is 12.0. The number of aromatic nitrogens is 2. The van der Waals surface area contributed by atoms with Crippen molar-refractivity contribution in [1.29, 1.82) is 0 Å². The molecule has 1 aromatic carbocycles. The second kappa shape index (κ2) is 5.47. The first-order valence-corrected chi connectivity index (χ1v) is 7.98. The maximum absolute atomic E-state index is 12.0. The molecule has 1 amide bonds. The number of hydrogen-bond donors (Lipinski definition) is 2. The summed E-state index contributed by atoms with van der Waals surface area (Å²) in [7, 11) is 0. The lowest BCUT2D eigenvalue weighted by Gasteiger charge is -2.25. The topological polar surface area (TPSA) is 66.9 Å². The summed E-state index contributed by atoms with van der Waals surface area (Å²) in [6, 6.07) is 8.13. The largest absolute Gasteiger partial charge is 0.315 e. The third-order valence-electron chi connectivity index (χ3n) is 3.84. The third-order valence-corrected chi connectivity index (χ3v) is 4.66. The molecule has 6 heteroatoms. The Morgan fingerprint density at radius 3 is 2.86 bits per heavy atom. The first-order chi connectivity index (χ1) is 10.8. The van der Waals surface area contributed by atoms with Crippen LogP contribution < -0.4 is 10.6 Å². The lowest BCUT2D eigenvalue weighted by atomic mass is 10.0. The highest BCUT2D eigenvalue weighted by molar-refractivity contribution is 7.13. The highest BCUT2D eigenvalue weighted by Crippen LogP contribution is 2.27. The van der Waals surface area contributed by atoms with Gasteiger partial charge >= 0.3 is 0 Å². The minimum atomic E-state index is 0.0317. The first kappa shape index (κ1) is 13.4. The van der Waals surface area contributed by atoms with Gasteiger partial charge in [-0.1, -0.05) is 12.1 Å². The van der Waals surface area contributed by atoms with Gasteiger partial charge in [-0.15, -0.1) is 11.3 Å². The van der Waals surface area contributed by atoms with Crippen LogP contribution in [-0.4, -0.2) is 29.0 Å². The molecular weight excluding hydrogens is 296 g/mol. The van der Waals surface area contributed by atoms with Gasteiger partial charge in [-0.05, 0) is 23.1 Å². The van der Waals surface area contributed by atoms with Crippen molar-refractivity contribution in [1.82, 2.24) is 15.3 Å². The Morgan fingerprint density at radius 1 is 1.23 bits per heavy atom. The van der Waals surface area contributed by atoms with Crippen molar-refractivity contribution in [3.8, 4) is 10.4 Å². The smallest absolute Gasteiger partial charge is 0.231 e. The van der Waals surface area contributed by atoms with E-state index in [1.165, 1.54) is 0 Å². The van der Waals surface area contributed by atoms with Gasteiger partial charge in [0.15, 0.2) is 0 Å². The molecule has 1 aliphatic rings. The molecule has 110 valence electrons. The molecule has 1 saturated heterocycles. The Labute approximate surface area is 131 Å². The third kappa shape index (κ3) is 2.47. The summed E-state index contributed by atoms with van der Waals surface area (Å²) in [6.45, 7) is 1.49. The van der Waals surface area contributed by atoms with Crippen LogP contribution in [0.4, 0.5) is 5.82 Å². The molecule has 2 aromatic heterocycles. The lowest BCUT2D eigenvalue weighted by Crippen LogP contribution is -2.48. The molecule has 2 N–H and O–H groups in total. The number of carbonyl (C=O) groups is 1. The van der Waals surface area contributed by atoms with Crippen LogP contribution in [0.2, 0.25) is 0 Å². The van der Waals surface area contributed by atoms with Gasteiger partial charge in [-0.25, -0.2) is 4.98 Å².